The molecule has 0 spiro atoms. The van der Waals surface area contributed by atoms with Gasteiger partial charge in [0, 0.05) is 48.8 Å². The monoisotopic (exact) mass is 528 g/mol. The molecule has 4 rings (SSSR count). The van der Waals surface area contributed by atoms with Gasteiger partial charge in [0.2, 0.25) is 5.91 Å². The number of benzene rings is 1. The summed E-state index contributed by atoms with van der Waals surface area (Å²) in [5.41, 5.74) is -0.223. The second-order valence-corrected chi connectivity index (χ2v) is 10.2. The fraction of sp³-hybridized carbons (Fsp3) is 0.440. The van der Waals surface area contributed by atoms with Crippen molar-refractivity contribution in [2.75, 3.05) is 26.3 Å². The van der Waals surface area contributed by atoms with E-state index in [1.165, 1.54) is 17.9 Å². The fourth-order valence-electron chi connectivity index (χ4n) is 4.83. The van der Waals surface area contributed by atoms with Crippen LogP contribution in [0.1, 0.15) is 36.7 Å². The Hall–Kier alpha value is -2.29. The molecule has 1 unspecified atom stereocenters. The van der Waals surface area contributed by atoms with Crippen molar-refractivity contribution in [2.24, 2.45) is 11.3 Å². The van der Waals surface area contributed by atoms with Crippen LogP contribution in [0.3, 0.4) is 0 Å². The van der Waals surface area contributed by atoms with Gasteiger partial charge in [0.1, 0.15) is 0 Å². The quantitative estimate of drug-likeness (QED) is 0.499. The lowest BCUT2D eigenvalue weighted by Crippen LogP contribution is -2.40. The highest BCUT2D eigenvalue weighted by atomic mass is 35.5. The Labute approximate surface area is 211 Å². The molecule has 0 N–H and O–H groups in total. The third kappa shape index (κ3) is 4.88. The molecule has 0 radical (unpaired) electrons. The number of morpholine rings is 1. The SMILES string of the molecule is CC(=O)N1C(Cc2c(Cl)ccc(C(=O)N3CCOCC3)c2Cl)=CC2C1=CC(C(F)(F)F)=CC2(C)C. The Kier molecular flexibility index (Phi) is 6.85. The minimum atomic E-state index is -4.54. The largest absolute Gasteiger partial charge is 0.416 e. The number of hydrogen-bond acceptors (Lipinski definition) is 3. The molecule has 10 heteroatoms. The summed E-state index contributed by atoms with van der Waals surface area (Å²) in [6.07, 6.45) is -0.447. The van der Waals surface area contributed by atoms with E-state index in [-0.39, 0.29) is 28.6 Å². The summed E-state index contributed by atoms with van der Waals surface area (Å²) >= 11 is 13.1. The van der Waals surface area contributed by atoms with E-state index in [0.29, 0.717) is 42.6 Å². The standard InChI is InChI=1S/C25H25Cl2F3N2O3/c1-14(33)32-16(12-19-21(32)10-15(25(28,29)30)13-24(19,2)3)11-18-20(26)5-4-17(22(18)27)23(34)31-6-8-35-9-7-31/h4-5,10,12-13,19H,6-9,11H2,1-3H3. The first kappa shape index (κ1) is 25.8. The highest BCUT2D eigenvalue weighted by Crippen LogP contribution is 2.50. The van der Waals surface area contributed by atoms with Gasteiger partial charge in [-0.2, -0.15) is 13.2 Å². The number of carbonyl (C=O) groups excluding carboxylic acids is 2. The predicted molar refractivity (Wildman–Crippen MR) is 127 cm³/mol. The van der Waals surface area contributed by atoms with Crippen LogP contribution in [-0.4, -0.2) is 54.1 Å². The van der Waals surface area contributed by atoms with Gasteiger partial charge >= 0.3 is 6.18 Å². The van der Waals surface area contributed by atoms with E-state index >= 15 is 0 Å². The molecule has 1 aromatic carbocycles. The molecule has 5 nitrogen and oxygen atoms in total. The summed E-state index contributed by atoms with van der Waals surface area (Å²) in [6, 6.07) is 3.13. The van der Waals surface area contributed by atoms with Gasteiger partial charge in [-0.1, -0.05) is 49.2 Å². The molecule has 0 bridgehead atoms. The van der Waals surface area contributed by atoms with Crippen molar-refractivity contribution < 1.29 is 27.5 Å². The van der Waals surface area contributed by atoms with Crippen LogP contribution in [0.2, 0.25) is 10.0 Å². The first-order valence-corrected chi connectivity index (χ1v) is 11.9. The first-order chi connectivity index (χ1) is 16.3. The van der Waals surface area contributed by atoms with E-state index in [1.54, 1.807) is 37.0 Å². The number of ether oxygens (including phenoxy) is 1. The molecule has 1 saturated heterocycles. The lowest BCUT2D eigenvalue weighted by atomic mass is 9.73. The summed E-state index contributed by atoms with van der Waals surface area (Å²) in [7, 11) is 0. The molecule has 3 aliphatic rings. The zero-order valence-electron chi connectivity index (χ0n) is 19.5. The Bertz CT molecular complexity index is 1170. The zero-order valence-corrected chi connectivity index (χ0v) is 21.0. The number of amides is 2. The molecule has 1 atom stereocenters. The van der Waals surface area contributed by atoms with Crippen molar-refractivity contribution in [2.45, 2.75) is 33.4 Å². The van der Waals surface area contributed by atoms with Gasteiger partial charge in [0.05, 0.1) is 29.4 Å². The van der Waals surface area contributed by atoms with Crippen LogP contribution in [0.15, 0.2) is 47.3 Å². The number of hydrogen-bond donors (Lipinski definition) is 0. The van der Waals surface area contributed by atoms with Gasteiger partial charge in [0.25, 0.3) is 5.91 Å². The average Bonchev–Trinajstić information content (AvgIpc) is 3.15. The Morgan fingerprint density at radius 3 is 2.43 bits per heavy atom. The third-order valence-corrected chi connectivity index (χ3v) is 7.36. The smallest absolute Gasteiger partial charge is 0.378 e. The maximum absolute atomic E-state index is 13.6. The highest BCUT2D eigenvalue weighted by Gasteiger charge is 2.46. The number of carbonyl (C=O) groups is 2. The van der Waals surface area contributed by atoms with Crippen LogP contribution >= 0.6 is 23.2 Å². The fourth-order valence-corrected chi connectivity index (χ4v) is 5.41. The summed E-state index contributed by atoms with van der Waals surface area (Å²) in [4.78, 5) is 28.6. The van der Waals surface area contributed by atoms with Gasteiger partial charge < -0.3 is 9.64 Å². The van der Waals surface area contributed by atoms with E-state index in [0.717, 1.165) is 6.08 Å². The molecule has 0 saturated carbocycles. The first-order valence-electron chi connectivity index (χ1n) is 11.2. The Morgan fingerprint density at radius 1 is 1.17 bits per heavy atom. The molecule has 188 valence electrons. The van der Waals surface area contributed by atoms with Crippen LogP contribution < -0.4 is 0 Å². The molecule has 1 fully saturated rings. The number of alkyl halides is 3. The number of nitrogens with zero attached hydrogens (tertiary/aromatic N) is 2. The van der Waals surface area contributed by atoms with Crippen molar-refractivity contribution in [1.29, 1.82) is 0 Å². The Morgan fingerprint density at radius 2 is 1.83 bits per heavy atom. The number of allylic oxidation sites excluding steroid dienone is 5. The summed E-state index contributed by atoms with van der Waals surface area (Å²) in [5, 5.41) is 0.464. The second-order valence-electron chi connectivity index (χ2n) is 9.45. The maximum atomic E-state index is 13.6. The van der Waals surface area contributed by atoms with Crippen LogP contribution in [-0.2, 0) is 16.0 Å². The third-order valence-electron chi connectivity index (χ3n) is 6.57. The summed E-state index contributed by atoms with van der Waals surface area (Å²) < 4.78 is 46.0. The lowest BCUT2D eigenvalue weighted by Gasteiger charge is -2.35. The molecule has 2 aliphatic heterocycles. The van der Waals surface area contributed by atoms with Gasteiger partial charge in [-0.3, -0.25) is 14.5 Å². The number of halogens is 5. The van der Waals surface area contributed by atoms with Crippen molar-refractivity contribution in [3.63, 3.8) is 0 Å². The minimum Gasteiger partial charge on any atom is -0.378 e. The summed E-state index contributed by atoms with van der Waals surface area (Å²) in [6.45, 7) is 6.46. The van der Waals surface area contributed by atoms with E-state index in [2.05, 4.69) is 0 Å². The van der Waals surface area contributed by atoms with Gasteiger partial charge in [-0.25, -0.2) is 0 Å². The van der Waals surface area contributed by atoms with E-state index < -0.39 is 29.0 Å². The van der Waals surface area contributed by atoms with Crippen molar-refractivity contribution in [1.82, 2.24) is 9.80 Å². The molecule has 35 heavy (non-hydrogen) atoms. The van der Waals surface area contributed by atoms with Crippen LogP contribution in [0.4, 0.5) is 13.2 Å². The van der Waals surface area contributed by atoms with Crippen LogP contribution in [0, 0.1) is 11.3 Å². The molecule has 2 amide bonds. The van der Waals surface area contributed by atoms with Gasteiger partial charge in [-0.05, 0) is 29.2 Å². The van der Waals surface area contributed by atoms with E-state index in [9.17, 15) is 22.8 Å². The minimum absolute atomic E-state index is 0.0761. The normalized spacial score (nSPS) is 21.8. The zero-order chi connectivity index (χ0) is 25.7. The molecular weight excluding hydrogens is 504 g/mol. The average molecular weight is 529 g/mol. The lowest BCUT2D eigenvalue weighted by molar-refractivity contribution is -0.125. The van der Waals surface area contributed by atoms with E-state index in [1.807, 2.05) is 0 Å². The molecule has 0 aromatic heterocycles. The van der Waals surface area contributed by atoms with Crippen LogP contribution in [0.25, 0.3) is 0 Å². The predicted octanol–water partition coefficient (Wildman–Crippen LogP) is 5.78. The van der Waals surface area contributed by atoms with Crippen molar-refractivity contribution in [3.8, 4) is 0 Å². The molecule has 2 heterocycles. The van der Waals surface area contributed by atoms with Gasteiger partial charge in [0.15, 0.2) is 0 Å². The van der Waals surface area contributed by atoms with Crippen molar-refractivity contribution >= 4 is 35.0 Å². The second kappa shape index (κ2) is 9.30. The molecular formula is C25H25Cl2F3N2O3. The summed E-state index contributed by atoms with van der Waals surface area (Å²) in [5.74, 6) is -1.11. The van der Waals surface area contributed by atoms with Crippen molar-refractivity contribution in [3.05, 3.63) is 68.5 Å². The molecule has 1 aromatic rings. The number of fused-ring (bicyclic) bond motifs is 1. The highest BCUT2D eigenvalue weighted by molar-refractivity contribution is 6.38. The maximum Gasteiger partial charge on any atom is 0.416 e. The topological polar surface area (TPSA) is 49.9 Å². The van der Waals surface area contributed by atoms with Gasteiger partial charge in [-0.15, -0.1) is 0 Å². The Balaban J connectivity index is 1.71. The van der Waals surface area contributed by atoms with E-state index in [4.69, 9.17) is 27.9 Å². The molecule has 1 aliphatic carbocycles. The van der Waals surface area contributed by atoms with Crippen LogP contribution in [0.5, 0.6) is 0 Å². The number of rotatable bonds is 3.